The average molecular weight is 450 g/mol. The molecule has 10 heteroatoms. The van der Waals surface area contributed by atoms with E-state index in [-0.39, 0.29) is 17.8 Å². The molecule has 1 aliphatic heterocycles. The highest BCUT2D eigenvalue weighted by Crippen LogP contribution is 2.31. The van der Waals surface area contributed by atoms with Gasteiger partial charge in [0, 0.05) is 12.3 Å². The number of thioether (sulfide) groups is 2. The topological polar surface area (TPSA) is 90.6 Å². The number of ether oxygens (including phenoxy) is 2. The van der Waals surface area contributed by atoms with Gasteiger partial charge < -0.3 is 19.4 Å². The first-order valence-corrected chi connectivity index (χ1v) is 11.8. The molecule has 0 bridgehead atoms. The Bertz CT molecular complexity index is 900. The standard InChI is InChI=1S/C20H27N5O3S2/c1-13(2)11-25-18(14(3)28-16-8-6-5-7-15(16)27-4)23-24-20(25)30-12-17(26)22-19-21-9-10-29-19/h5-8,13-14H,9-12H2,1-4H3,(H,21,22,26). The minimum absolute atomic E-state index is 0.0906. The van der Waals surface area contributed by atoms with Crippen molar-refractivity contribution in [3.63, 3.8) is 0 Å². The van der Waals surface area contributed by atoms with Gasteiger partial charge >= 0.3 is 0 Å². The molecule has 8 nitrogen and oxygen atoms in total. The lowest BCUT2D eigenvalue weighted by Crippen LogP contribution is -2.29. The normalized spacial score (nSPS) is 14.5. The van der Waals surface area contributed by atoms with Crippen LogP contribution in [0.2, 0.25) is 0 Å². The molecule has 0 spiro atoms. The van der Waals surface area contributed by atoms with E-state index in [4.69, 9.17) is 9.47 Å². The van der Waals surface area contributed by atoms with E-state index in [9.17, 15) is 4.79 Å². The molecule has 0 saturated heterocycles. The van der Waals surface area contributed by atoms with Gasteiger partial charge in [-0.2, -0.15) is 0 Å². The quantitative estimate of drug-likeness (QED) is 0.587. The van der Waals surface area contributed by atoms with Gasteiger partial charge in [-0.1, -0.05) is 49.5 Å². The van der Waals surface area contributed by atoms with Gasteiger partial charge in [0.2, 0.25) is 5.91 Å². The predicted molar refractivity (Wildman–Crippen MR) is 121 cm³/mol. The van der Waals surface area contributed by atoms with Crippen LogP contribution >= 0.6 is 23.5 Å². The Morgan fingerprint density at radius 2 is 2.03 bits per heavy atom. The van der Waals surface area contributed by atoms with Crippen LogP contribution < -0.4 is 14.8 Å². The van der Waals surface area contributed by atoms with Crippen LogP contribution in [0.15, 0.2) is 34.4 Å². The van der Waals surface area contributed by atoms with Gasteiger partial charge in [-0.05, 0) is 25.0 Å². The molecule has 1 aromatic carbocycles. The molecule has 2 heterocycles. The largest absolute Gasteiger partial charge is 0.493 e. The van der Waals surface area contributed by atoms with Crippen molar-refractivity contribution in [3.05, 3.63) is 30.1 Å². The van der Waals surface area contributed by atoms with Crippen LogP contribution in [0.1, 0.15) is 32.7 Å². The number of aromatic nitrogens is 3. The molecule has 1 amide bonds. The Kier molecular flexibility index (Phi) is 8.03. The number of nitrogens with one attached hydrogen (secondary N) is 1. The Hall–Kier alpha value is -2.20. The summed E-state index contributed by atoms with van der Waals surface area (Å²) in [5, 5.41) is 12.9. The Morgan fingerprint density at radius 1 is 1.27 bits per heavy atom. The molecular formula is C20H27N5O3S2. The van der Waals surface area contributed by atoms with Crippen LogP contribution in [0.25, 0.3) is 0 Å². The summed E-state index contributed by atoms with van der Waals surface area (Å²) in [7, 11) is 1.61. The van der Waals surface area contributed by atoms with Crippen molar-refractivity contribution in [3.8, 4) is 11.5 Å². The summed E-state index contributed by atoms with van der Waals surface area (Å²) in [6, 6.07) is 7.51. The van der Waals surface area contributed by atoms with E-state index in [1.807, 2.05) is 35.8 Å². The predicted octanol–water partition coefficient (Wildman–Crippen LogP) is 3.39. The fourth-order valence-electron chi connectivity index (χ4n) is 2.90. The third-order valence-corrected chi connectivity index (χ3v) is 6.05. The minimum Gasteiger partial charge on any atom is -0.493 e. The number of hydrogen-bond donors (Lipinski definition) is 1. The highest BCUT2D eigenvalue weighted by Gasteiger charge is 2.22. The smallest absolute Gasteiger partial charge is 0.236 e. The fraction of sp³-hybridized carbons (Fsp3) is 0.500. The minimum atomic E-state index is -0.333. The number of carbonyl (C=O) groups excluding carboxylic acids is 1. The summed E-state index contributed by atoms with van der Waals surface area (Å²) in [4.78, 5) is 16.5. The van der Waals surface area contributed by atoms with Crippen LogP contribution in [0, 0.1) is 5.92 Å². The second-order valence-corrected chi connectivity index (χ2v) is 9.15. The van der Waals surface area contributed by atoms with Crippen LogP contribution in [-0.4, -0.2) is 51.0 Å². The van der Waals surface area contributed by atoms with E-state index in [1.165, 1.54) is 11.8 Å². The summed E-state index contributed by atoms with van der Waals surface area (Å²) in [5.41, 5.74) is 0. The number of benzene rings is 1. The van der Waals surface area contributed by atoms with Crippen molar-refractivity contribution in [1.82, 2.24) is 20.1 Å². The molecular weight excluding hydrogens is 422 g/mol. The third-order valence-electron chi connectivity index (χ3n) is 4.19. The lowest BCUT2D eigenvalue weighted by molar-refractivity contribution is -0.117. The zero-order valence-electron chi connectivity index (χ0n) is 17.6. The van der Waals surface area contributed by atoms with Gasteiger partial charge in [-0.3, -0.25) is 9.79 Å². The second kappa shape index (κ2) is 10.7. The Balaban J connectivity index is 1.71. The summed E-state index contributed by atoms with van der Waals surface area (Å²) < 4.78 is 13.5. The number of amidine groups is 1. The maximum Gasteiger partial charge on any atom is 0.236 e. The molecule has 1 atom stereocenters. The maximum atomic E-state index is 12.2. The zero-order valence-corrected chi connectivity index (χ0v) is 19.3. The summed E-state index contributed by atoms with van der Waals surface area (Å²) in [6.07, 6.45) is -0.333. The number of aliphatic imine (C=N–C) groups is 1. The molecule has 162 valence electrons. The fourth-order valence-corrected chi connectivity index (χ4v) is 4.40. The van der Waals surface area contributed by atoms with Crippen molar-refractivity contribution in [2.24, 2.45) is 10.9 Å². The Labute approximate surface area is 185 Å². The van der Waals surface area contributed by atoms with Gasteiger partial charge in [-0.25, -0.2) is 0 Å². The molecule has 30 heavy (non-hydrogen) atoms. The second-order valence-electron chi connectivity index (χ2n) is 7.13. The summed E-state index contributed by atoms with van der Waals surface area (Å²) in [6.45, 7) is 7.68. The van der Waals surface area contributed by atoms with Gasteiger partial charge in [-0.15, -0.1) is 10.2 Å². The van der Waals surface area contributed by atoms with Crippen molar-refractivity contribution in [2.45, 2.75) is 38.6 Å². The average Bonchev–Trinajstić information content (AvgIpc) is 3.36. The molecule has 3 rings (SSSR count). The SMILES string of the molecule is COc1ccccc1OC(C)c1nnc(SCC(=O)NC2=NCCS2)n1CC(C)C. The van der Waals surface area contributed by atoms with Gasteiger partial charge in [0.15, 0.2) is 33.8 Å². The molecule has 0 radical (unpaired) electrons. The number of methoxy groups -OCH3 is 1. The monoisotopic (exact) mass is 449 g/mol. The van der Waals surface area contributed by atoms with Crippen LogP contribution in [0.5, 0.6) is 11.5 Å². The van der Waals surface area contributed by atoms with E-state index in [1.54, 1.807) is 18.9 Å². The first-order valence-electron chi connectivity index (χ1n) is 9.80. The highest BCUT2D eigenvalue weighted by atomic mass is 32.2. The molecule has 1 aromatic heterocycles. The van der Waals surface area contributed by atoms with Crippen molar-refractivity contribution in [1.29, 1.82) is 0 Å². The molecule has 1 N–H and O–H groups in total. The number of nitrogens with zero attached hydrogens (tertiary/aromatic N) is 4. The highest BCUT2D eigenvalue weighted by molar-refractivity contribution is 8.14. The molecule has 0 saturated carbocycles. The van der Waals surface area contributed by atoms with Crippen molar-refractivity contribution < 1.29 is 14.3 Å². The zero-order chi connectivity index (χ0) is 21.5. The molecule has 1 aliphatic rings. The van der Waals surface area contributed by atoms with Crippen LogP contribution in [0.4, 0.5) is 0 Å². The number of rotatable bonds is 9. The number of hydrogen-bond acceptors (Lipinski definition) is 8. The molecule has 2 aromatic rings. The lowest BCUT2D eigenvalue weighted by atomic mass is 10.2. The first kappa shape index (κ1) is 22.5. The third kappa shape index (κ3) is 5.91. The van der Waals surface area contributed by atoms with E-state index in [0.717, 1.165) is 18.8 Å². The number of para-hydroxylation sites is 2. The van der Waals surface area contributed by atoms with E-state index < -0.39 is 0 Å². The van der Waals surface area contributed by atoms with Gasteiger partial charge in [0.1, 0.15) is 0 Å². The van der Waals surface area contributed by atoms with Crippen LogP contribution in [-0.2, 0) is 11.3 Å². The Morgan fingerprint density at radius 3 is 2.70 bits per heavy atom. The number of amides is 1. The summed E-state index contributed by atoms with van der Waals surface area (Å²) >= 11 is 2.93. The van der Waals surface area contributed by atoms with Gasteiger partial charge in [0.05, 0.1) is 19.4 Å². The van der Waals surface area contributed by atoms with E-state index >= 15 is 0 Å². The van der Waals surface area contributed by atoms with E-state index in [2.05, 4.69) is 34.4 Å². The maximum absolute atomic E-state index is 12.2. The van der Waals surface area contributed by atoms with Crippen LogP contribution in [0.3, 0.4) is 0 Å². The molecule has 0 aliphatic carbocycles. The van der Waals surface area contributed by atoms with Gasteiger partial charge in [0.25, 0.3) is 0 Å². The number of carbonyl (C=O) groups is 1. The first-order chi connectivity index (χ1) is 14.5. The summed E-state index contributed by atoms with van der Waals surface area (Å²) in [5.74, 6) is 3.49. The van der Waals surface area contributed by atoms with Crippen molar-refractivity contribution >= 4 is 34.6 Å². The molecule has 1 unspecified atom stereocenters. The van der Waals surface area contributed by atoms with E-state index in [0.29, 0.717) is 33.6 Å². The molecule has 0 fully saturated rings. The van der Waals surface area contributed by atoms with Crippen molar-refractivity contribution in [2.75, 3.05) is 25.2 Å². The lowest BCUT2D eigenvalue weighted by Gasteiger charge is -2.19.